The van der Waals surface area contributed by atoms with Gasteiger partial charge in [-0.2, -0.15) is 0 Å². The quantitative estimate of drug-likeness (QED) is 0.287. The average molecular weight is 469 g/mol. The highest BCUT2D eigenvalue weighted by Gasteiger charge is 2.57. The molecule has 4 aliphatic carbocycles. The van der Waals surface area contributed by atoms with E-state index in [9.17, 15) is 4.79 Å². The number of rotatable bonds is 6. The Morgan fingerprint density at radius 3 is 2.47 bits per heavy atom. The average Bonchev–Trinajstić information content (AvgIpc) is 3.13. The van der Waals surface area contributed by atoms with Crippen molar-refractivity contribution in [1.29, 1.82) is 0 Å². The van der Waals surface area contributed by atoms with Crippen molar-refractivity contribution in [2.45, 2.75) is 126 Å². The predicted octanol–water partition coefficient (Wildman–Crippen LogP) is 8.91. The van der Waals surface area contributed by atoms with Gasteiger partial charge in [0.25, 0.3) is 0 Å². The standard InChI is InChI=1S/C32H52O2/c1-9-24(20(2)3)11-10-21(4)26-14-15-28-25-12-13-27-22(5)30(34-23(6)33)17-19-32(27,8)29(25)16-18-31(26,28)7/h9,20-22,26-27,29-30H,10-19H2,1-8H3/b24-9-/t21-,22+,26-,27+,29+,30+,31-,32+/m1/s1. The summed E-state index contributed by atoms with van der Waals surface area (Å²) in [6.07, 6.45) is 15.5. The van der Waals surface area contributed by atoms with Crippen LogP contribution in [0.4, 0.5) is 0 Å². The Balaban J connectivity index is 1.53. The number of hydrogen-bond acceptors (Lipinski definition) is 2. The maximum absolute atomic E-state index is 11.7. The van der Waals surface area contributed by atoms with Crippen molar-refractivity contribution in [3.63, 3.8) is 0 Å². The van der Waals surface area contributed by atoms with Crippen LogP contribution >= 0.6 is 0 Å². The number of hydrogen-bond donors (Lipinski definition) is 0. The largest absolute Gasteiger partial charge is 0.462 e. The van der Waals surface area contributed by atoms with E-state index in [1.807, 2.05) is 11.1 Å². The Kier molecular flexibility index (Phi) is 7.48. The van der Waals surface area contributed by atoms with E-state index in [-0.39, 0.29) is 12.1 Å². The highest BCUT2D eigenvalue weighted by atomic mass is 16.5. The molecule has 0 aromatic heterocycles. The highest BCUT2D eigenvalue weighted by molar-refractivity contribution is 5.66. The molecule has 2 nitrogen and oxygen atoms in total. The minimum absolute atomic E-state index is 0.103. The Morgan fingerprint density at radius 2 is 1.82 bits per heavy atom. The van der Waals surface area contributed by atoms with Gasteiger partial charge < -0.3 is 4.74 Å². The predicted molar refractivity (Wildman–Crippen MR) is 142 cm³/mol. The van der Waals surface area contributed by atoms with Gasteiger partial charge in [0.2, 0.25) is 0 Å². The molecule has 192 valence electrons. The Morgan fingerprint density at radius 1 is 1.09 bits per heavy atom. The molecule has 0 bridgehead atoms. The van der Waals surface area contributed by atoms with Gasteiger partial charge >= 0.3 is 5.97 Å². The fourth-order valence-corrected chi connectivity index (χ4v) is 9.62. The fourth-order valence-electron chi connectivity index (χ4n) is 9.62. The van der Waals surface area contributed by atoms with Gasteiger partial charge in [-0.05, 0) is 117 Å². The zero-order valence-corrected chi connectivity index (χ0v) is 23.5. The molecule has 3 saturated carbocycles. The van der Waals surface area contributed by atoms with Crippen LogP contribution in [0.15, 0.2) is 22.8 Å². The summed E-state index contributed by atoms with van der Waals surface area (Å²) in [6.45, 7) is 18.7. The summed E-state index contributed by atoms with van der Waals surface area (Å²) in [4.78, 5) is 11.7. The summed E-state index contributed by atoms with van der Waals surface area (Å²) in [6, 6.07) is 0. The maximum atomic E-state index is 11.7. The highest BCUT2D eigenvalue weighted by Crippen LogP contribution is 2.66. The Bertz CT molecular complexity index is 834. The van der Waals surface area contributed by atoms with Crippen molar-refractivity contribution in [3.05, 3.63) is 22.8 Å². The molecule has 0 heterocycles. The van der Waals surface area contributed by atoms with Gasteiger partial charge in [0.05, 0.1) is 0 Å². The summed E-state index contributed by atoms with van der Waals surface area (Å²) >= 11 is 0. The lowest BCUT2D eigenvalue weighted by molar-refractivity contribution is -0.159. The van der Waals surface area contributed by atoms with Crippen LogP contribution in [0.1, 0.15) is 120 Å². The van der Waals surface area contributed by atoms with Crippen LogP contribution in [0.5, 0.6) is 0 Å². The first-order chi connectivity index (χ1) is 16.0. The lowest BCUT2D eigenvalue weighted by Crippen LogP contribution is -2.52. The zero-order valence-electron chi connectivity index (χ0n) is 23.5. The first-order valence-electron chi connectivity index (χ1n) is 14.6. The van der Waals surface area contributed by atoms with E-state index in [0.717, 1.165) is 24.2 Å². The molecule has 0 saturated heterocycles. The SMILES string of the molecule is C/C=C(/CC[C@@H](C)[C@H]1CCC2=C3CC[C@H]4[C@H](C)[C@@H](OC(C)=O)CC[C@]4(C)[C@H]3CC[C@@]21C)C(C)C. The van der Waals surface area contributed by atoms with Crippen LogP contribution in [0.2, 0.25) is 0 Å². The third-order valence-electron chi connectivity index (χ3n) is 11.5. The van der Waals surface area contributed by atoms with Crippen molar-refractivity contribution < 1.29 is 9.53 Å². The van der Waals surface area contributed by atoms with E-state index in [1.165, 1.54) is 57.8 Å². The zero-order chi connectivity index (χ0) is 24.8. The van der Waals surface area contributed by atoms with Gasteiger partial charge in [-0.1, -0.05) is 64.3 Å². The van der Waals surface area contributed by atoms with Gasteiger partial charge in [0.15, 0.2) is 0 Å². The second-order valence-corrected chi connectivity index (χ2v) is 13.4. The van der Waals surface area contributed by atoms with Crippen molar-refractivity contribution >= 4 is 5.97 Å². The van der Waals surface area contributed by atoms with Gasteiger partial charge in [-0.3, -0.25) is 4.79 Å². The molecule has 3 fully saturated rings. The van der Waals surface area contributed by atoms with Crippen molar-refractivity contribution in [2.75, 3.05) is 0 Å². The van der Waals surface area contributed by atoms with Crippen molar-refractivity contribution in [3.8, 4) is 0 Å². The first-order valence-corrected chi connectivity index (χ1v) is 14.6. The summed E-state index contributed by atoms with van der Waals surface area (Å²) in [5, 5.41) is 0. The van der Waals surface area contributed by atoms with E-state index in [2.05, 4.69) is 54.5 Å². The summed E-state index contributed by atoms with van der Waals surface area (Å²) in [5.41, 5.74) is 6.24. The minimum atomic E-state index is -0.103. The van der Waals surface area contributed by atoms with Crippen LogP contribution < -0.4 is 0 Å². The van der Waals surface area contributed by atoms with E-state index in [4.69, 9.17) is 4.74 Å². The fraction of sp³-hybridized carbons (Fsp3) is 0.844. The van der Waals surface area contributed by atoms with Crippen molar-refractivity contribution in [1.82, 2.24) is 0 Å². The van der Waals surface area contributed by atoms with Crippen molar-refractivity contribution in [2.24, 2.45) is 46.3 Å². The molecule has 4 rings (SSSR count). The number of allylic oxidation sites excluding steroid dienone is 4. The Hall–Kier alpha value is -1.05. The molecular formula is C32H52O2. The van der Waals surface area contributed by atoms with Gasteiger partial charge in [-0.15, -0.1) is 0 Å². The van der Waals surface area contributed by atoms with E-state index >= 15 is 0 Å². The number of carbonyl (C=O) groups is 1. The molecule has 0 amide bonds. The Labute approximate surface area is 210 Å². The van der Waals surface area contributed by atoms with Crippen LogP contribution in [0, 0.1) is 46.3 Å². The van der Waals surface area contributed by atoms with E-state index < -0.39 is 0 Å². The summed E-state index contributed by atoms with van der Waals surface area (Å²) in [7, 11) is 0. The topological polar surface area (TPSA) is 26.3 Å². The van der Waals surface area contributed by atoms with Crippen LogP contribution in [-0.4, -0.2) is 12.1 Å². The molecule has 0 aromatic rings. The molecule has 2 heteroatoms. The van der Waals surface area contributed by atoms with Gasteiger partial charge in [-0.25, -0.2) is 0 Å². The van der Waals surface area contributed by atoms with E-state index in [0.29, 0.717) is 28.6 Å². The molecule has 0 aliphatic heterocycles. The lowest BCUT2D eigenvalue weighted by atomic mass is 9.47. The number of esters is 1. The molecule has 34 heavy (non-hydrogen) atoms. The molecule has 0 radical (unpaired) electrons. The molecule has 0 unspecified atom stereocenters. The molecule has 8 atom stereocenters. The monoisotopic (exact) mass is 468 g/mol. The summed E-state index contributed by atoms with van der Waals surface area (Å²) in [5.74, 6) is 4.17. The van der Waals surface area contributed by atoms with Crippen LogP contribution in [-0.2, 0) is 9.53 Å². The third kappa shape index (κ3) is 4.34. The smallest absolute Gasteiger partial charge is 0.302 e. The number of ether oxygens (including phenoxy) is 1. The lowest BCUT2D eigenvalue weighted by Gasteiger charge is -2.58. The molecule has 4 aliphatic rings. The van der Waals surface area contributed by atoms with Gasteiger partial charge in [0, 0.05) is 6.92 Å². The van der Waals surface area contributed by atoms with Crippen LogP contribution in [0.3, 0.4) is 0 Å². The maximum Gasteiger partial charge on any atom is 0.302 e. The summed E-state index contributed by atoms with van der Waals surface area (Å²) < 4.78 is 5.77. The second kappa shape index (κ2) is 9.78. The second-order valence-electron chi connectivity index (χ2n) is 13.4. The number of fused-ring (bicyclic) bond motifs is 4. The normalized spacial score (nSPS) is 41.1. The first kappa shape index (κ1) is 26.0. The minimum Gasteiger partial charge on any atom is -0.462 e. The van der Waals surface area contributed by atoms with Gasteiger partial charge in [0.1, 0.15) is 6.10 Å². The third-order valence-corrected chi connectivity index (χ3v) is 11.5. The van der Waals surface area contributed by atoms with Crippen LogP contribution in [0.25, 0.3) is 0 Å². The molecular weight excluding hydrogens is 416 g/mol. The molecule has 0 spiro atoms. The number of carbonyl (C=O) groups excluding carboxylic acids is 1. The molecule has 0 aromatic carbocycles. The molecule has 0 N–H and O–H groups in total. The van der Waals surface area contributed by atoms with E-state index in [1.54, 1.807) is 12.5 Å².